The number of hydrogen-bond donors (Lipinski definition) is 1. The Kier molecular flexibility index (Phi) is 3.27. The molecule has 2 heteroatoms. The smallest absolute Gasteiger partial charge is 0.109 e. The lowest BCUT2D eigenvalue weighted by atomic mass is 9.86. The maximum atomic E-state index is 12.3. The van der Waals surface area contributed by atoms with Crippen molar-refractivity contribution in [2.75, 3.05) is 6.67 Å². The van der Waals surface area contributed by atoms with Gasteiger partial charge in [0, 0.05) is 0 Å². The van der Waals surface area contributed by atoms with Gasteiger partial charge < -0.3 is 5.73 Å². The molecule has 0 fully saturated rings. The first-order chi connectivity index (χ1) is 6.45. The van der Waals surface area contributed by atoms with Gasteiger partial charge in [0.05, 0.1) is 6.04 Å². The average molecular weight is 195 g/mol. The van der Waals surface area contributed by atoms with Crippen LogP contribution in [0.5, 0.6) is 0 Å². The monoisotopic (exact) mass is 195 g/mol. The summed E-state index contributed by atoms with van der Waals surface area (Å²) in [5, 5.41) is 0. The Morgan fingerprint density at radius 1 is 1.21 bits per heavy atom. The highest BCUT2D eigenvalue weighted by Gasteiger charge is 2.13. The first kappa shape index (κ1) is 11.2. The standard InChI is InChI=1S/C12H18FN/c1-12(2,3)10-6-4-9(5-7-10)11(14)8-13/h4-7,11H,8,14H2,1-3H3. The molecule has 1 unspecified atom stereocenters. The van der Waals surface area contributed by atoms with E-state index in [2.05, 4.69) is 20.8 Å². The van der Waals surface area contributed by atoms with Crippen LogP contribution in [-0.2, 0) is 5.41 Å². The van der Waals surface area contributed by atoms with Crippen LogP contribution in [0.25, 0.3) is 0 Å². The lowest BCUT2D eigenvalue weighted by molar-refractivity contribution is 0.437. The van der Waals surface area contributed by atoms with E-state index in [0.29, 0.717) is 0 Å². The molecule has 0 aliphatic heterocycles. The van der Waals surface area contributed by atoms with Crippen molar-refractivity contribution in [3.8, 4) is 0 Å². The van der Waals surface area contributed by atoms with Gasteiger partial charge >= 0.3 is 0 Å². The Labute approximate surface area is 85.1 Å². The Morgan fingerprint density at radius 3 is 2.07 bits per heavy atom. The van der Waals surface area contributed by atoms with E-state index < -0.39 is 12.7 Å². The summed E-state index contributed by atoms with van der Waals surface area (Å²) >= 11 is 0. The zero-order chi connectivity index (χ0) is 10.8. The summed E-state index contributed by atoms with van der Waals surface area (Å²) in [5.74, 6) is 0. The Morgan fingerprint density at radius 2 is 1.71 bits per heavy atom. The second-order valence-corrected chi connectivity index (χ2v) is 4.63. The molecule has 78 valence electrons. The summed E-state index contributed by atoms with van der Waals surface area (Å²) in [4.78, 5) is 0. The molecule has 0 aliphatic rings. The molecule has 0 heterocycles. The van der Waals surface area contributed by atoms with Crippen molar-refractivity contribution in [2.24, 2.45) is 5.73 Å². The van der Waals surface area contributed by atoms with Gasteiger partial charge in [-0.25, -0.2) is 4.39 Å². The number of benzene rings is 1. The van der Waals surface area contributed by atoms with Crippen LogP contribution in [0.3, 0.4) is 0 Å². The van der Waals surface area contributed by atoms with Gasteiger partial charge in [-0.2, -0.15) is 0 Å². The minimum atomic E-state index is -0.505. The van der Waals surface area contributed by atoms with Crippen LogP contribution in [0.15, 0.2) is 24.3 Å². The molecular weight excluding hydrogens is 177 g/mol. The Balaban J connectivity index is 2.89. The third kappa shape index (κ3) is 2.55. The summed E-state index contributed by atoms with van der Waals surface area (Å²) in [6.07, 6.45) is 0. The molecular formula is C12H18FN. The third-order valence-electron chi connectivity index (χ3n) is 2.37. The van der Waals surface area contributed by atoms with Crippen molar-refractivity contribution in [1.82, 2.24) is 0 Å². The first-order valence-corrected chi connectivity index (χ1v) is 4.87. The topological polar surface area (TPSA) is 26.0 Å². The van der Waals surface area contributed by atoms with Gasteiger partial charge in [-0.1, -0.05) is 45.0 Å². The molecule has 1 aromatic carbocycles. The SMILES string of the molecule is CC(C)(C)c1ccc(C(N)CF)cc1. The zero-order valence-corrected chi connectivity index (χ0v) is 9.05. The van der Waals surface area contributed by atoms with Gasteiger partial charge in [-0.05, 0) is 16.5 Å². The minimum absolute atomic E-state index is 0.137. The highest BCUT2D eigenvalue weighted by atomic mass is 19.1. The maximum absolute atomic E-state index is 12.3. The fourth-order valence-corrected chi connectivity index (χ4v) is 1.32. The van der Waals surface area contributed by atoms with E-state index >= 15 is 0 Å². The molecule has 0 aromatic heterocycles. The van der Waals surface area contributed by atoms with E-state index in [0.717, 1.165) is 5.56 Å². The van der Waals surface area contributed by atoms with Gasteiger partial charge in [0.2, 0.25) is 0 Å². The molecule has 0 saturated heterocycles. The largest absolute Gasteiger partial charge is 0.322 e. The molecule has 1 atom stereocenters. The Bertz CT molecular complexity index is 284. The Hall–Kier alpha value is -0.890. The molecule has 14 heavy (non-hydrogen) atoms. The fraction of sp³-hybridized carbons (Fsp3) is 0.500. The van der Waals surface area contributed by atoms with Gasteiger partial charge in [-0.3, -0.25) is 0 Å². The van der Waals surface area contributed by atoms with Gasteiger partial charge in [0.15, 0.2) is 0 Å². The van der Waals surface area contributed by atoms with E-state index in [1.165, 1.54) is 5.56 Å². The van der Waals surface area contributed by atoms with Crippen LogP contribution < -0.4 is 5.73 Å². The van der Waals surface area contributed by atoms with Crippen LogP contribution in [-0.4, -0.2) is 6.67 Å². The van der Waals surface area contributed by atoms with Crippen LogP contribution in [0.1, 0.15) is 37.9 Å². The first-order valence-electron chi connectivity index (χ1n) is 4.87. The maximum Gasteiger partial charge on any atom is 0.109 e. The highest BCUT2D eigenvalue weighted by Crippen LogP contribution is 2.23. The molecule has 0 aliphatic carbocycles. The van der Waals surface area contributed by atoms with Crippen LogP contribution in [0.2, 0.25) is 0 Å². The van der Waals surface area contributed by atoms with E-state index in [1.54, 1.807) is 0 Å². The molecule has 0 spiro atoms. The predicted octanol–water partition coefficient (Wildman–Crippen LogP) is 2.95. The quantitative estimate of drug-likeness (QED) is 0.771. The summed E-state index contributed by atoms with van der Waals surface area (Å²) in [5.41, 5.74) is 7.82. The number of rotatable bonds is 2. The van der Waals surface area contributed by atoms with Crippen LogP contribution >= 0.6 is 0 Å². The summed E-state index contributed by atoms with van der Waals surface area (Å²) in [7, 11) is 0. The average Bonchev–Trinajstić information content (AvgIpc) is 2.15. The van der Waals surface area contributed by atoms with Crippen LogP contribution in [0, 0.1) is 0 Å². The van der Waals surface area contributed by atoms with E-state index in [-0.39, 0.29) is 5.41 Å². The highest BCUT2D eigenvalue weighted by molar-refractivity contribution is 5.29. The summed E-state index contributed by atoms with van der Waals surface area (Å²) < 4.78 is 12.3. The van der Waals surface area contributed by atoms with E-state index in [1.807, 2.05) is 24.3 Å². The number of alkyl halides is 1. The predicted molar refractivity (Wildman–Crippen MR) is 58.0 cm³/mol. The van der Waals surface area contributed by atoms with Crippen molar-refractivity contribution in [2.45, 2.75) is 32.2 Å². The number of hydrogen-bond acceptors (Lipinski definition) is 1. The van der Waals surface area contributed by atoms with Gasteiger partial charge in [-0.15, -0.1) is 0 Å². The number of halogens is 1. The van der Waals surface area contributed by atoms with Crippen molar-refractivity contribution in [3.63, 3.8) is 0 Å². The van der Waals surface area contributed by atoms with Crippen molar-refractivity contribution < 1.29 is 4.39 Å². The van der Waals surface area contributed by atoms with Crippen molar-refractivity contribution >= 4 is 0 Å². The third-order valence-corrected chi connectivity index (χ3v) is 2.37. The normalized spacial score (nSPS) is 14.1. The van der Waals surface area contributed by atoms with Crippen LogP contribution in [0.4, 0.5) is 4.39 Å². The molecule has 0 bridgehead atoms. The molecule has 1 aromatic rings. The lowest BCUT2D eigenvalue weighted by Crippen LogP contribution is -2.14. The molecule has 0 amide bonds. The molecule has 2 N–H and O–H groups in total. The van der Waals surface area contributed by atoms with E-state index in [9.17, 15) is 4.39 Å². The minimum Gasteiger partial charge on any atom is -0.322 e. The molecule has 0 radical (unpaired) electrons. The van der Waals surface area contributed by atoms with Crippen molar-refractivity contribution in [3.05, 3.63) is 35.4 Å². The summed E-state index contributed by atoms with van der Waals surface area (Å²) in [6, 6.07) is 7.37. The second kappa shape index (κ2) is 4.09. The summed E-state index contributed by atoms with van der Waals surface area (Å²) in [6.45, 7) is 5.94. The second-order valence-electron chi connectivity index (χ2n) is 4.63. The van der Waals surface area contributed by atoms with Gasteiger partial charge in [0.25, 0.3) is 0 Å². The molecule has 1 nitrogen and oxygen atoms in total. The molecule has 0 saturated carbocycles. The zero-order valence-electron chi connectivity index (χ0n) is 9.05. The van der Waals surface area contributed by atoms with Gasteiger partial charge in [0.1, 0.15) is 6.67 Å². The fourth-order valence-electron chi connectivity index (χ4n) is 1.32. The molecule has 1 rings (SSSR count). The lowest BCUT2D eigenvalue weighted by Gasteiger charge is -2.19. The van der Waals surface area contributed by atoms with Crippen molar-refractivity contribution in [1.29, 1.82) is 0 Å². The number of nitrogens with two attached hydrogens (primary N) is 1. The van der Waals surface area contributed by atoms with E-state index in [4.69, 9.17) is 5.73 Å².